The second kappa shape index (κ2) is 8.52. The van der Waals surface area contributed by atoms with E-state index in [0.717, 1.165) is 18.6 Å². The van der Waals surface area contributed by atoms with Crippen molar-refractivity contribution in [2.45, 2.75) is 24.9 Å². The van der Waals surface area contributed by atoms with E-state index in [1.807, 2.05) is 30.3 Å². The minimum absolute atomic E-state index is 0.156. The van der Waals surface area contributed by atoms with Crippen LogP contribution in [-0.4, -0.2) is 38.4 Å². The van der Waals surface area contributed by atoms with Crippen molar-refractivity contribution < 1.29 is 18.0 Å². The Morgan fingerprint density at radius 1 is 1.09 bits per heavy atom. The van der Waals surface area contributed by atoms with Gasteiger partial charge in [0.15, 0.2) is 0 Å². The lowest BCUT2D eigenvalue weighted by atomic mass is 9.97. The number of para-hydroxylation sites is 1. The van der Waals surface area contributed by atoms with Crippen LogP contribution in [0.4, 0.5) is 23.7 Å². The van der Waals surface area contributed by atoms with Gasteiger partial charge in [-0.2, -0.15) is 18.3 Å². The van der Waals surface area contributed by atoms with Gasteiger partial charge in [-0.15, -0.1) is 0 Å². The fourth-order valence-electron chi connectivity index (χ4n) is 3.89. The Bertz CT molecular complexity index is 1150. The molecule has 2 aromatic carbocycles. The van der Waals surface area contributed by atoms with Crippen molar-refractivity contribution in [3.8, 4) is 5.69 Å². The summed E-state index contributed by atoms with van der Waals surface area (Å²) < 4.78 is 41.0. The number of nitrogens with one attached hydrogen (secondary N) is 1. The Morgan fingerprint density at radius 3 is 2.44 bits per heavy atom. The van der Waals surface area contributed by atoms with Crippen LogP contribution in [0.1, 0.15) is 30.1 Å². The number of carbonyl (C=O) groups excluding carboxylic acids is 1. The lowest BCUT2D eigenvalue weighted by Gasteiger charge is -2.32. The van der Waals surface area contributed by atoms with Crippen LogP contribution in [0.3, 0.4) is 0 Å². The summed E-state index contributed by atoms with van der Waals surface area (Å²) in [5, 5.41) is 7.07. The molecule has 2 heterocycles. The highest BCUT2D eigenvalue weighted by atomic mass is 19.4. The molecule has 3 aromatic rings. The quantitative estimate of drug-likeness (QED) is 0.663. The van der Waals surface area contributed by atoms with Crippen molar-refractivity contribution in [3.05, 3.63) is 76.5 Å². The number of hydrogen-bond donors (Lipinski definition) is 1. The zero-order valence-corrected chi connectivity index (χ0v) is 17.3. The van der Waals surface area contributed by atoms with Crippen LogP contribution in [0.25, 0.3) is 5.69 Å². The van der Waals surface area contributed by atoms with Gasteiger partial charge >= 0.3 is 17.9 Å². The predicted octanol–water partition coefficient (Wildman–Crippen LogP) is 4.00. The number of likely N-dealkylation sites (tertiary alicyclic amines) is 1. The van der Waals surface area contributed by atoms with Crippen LogP contribution in [0.15, 0.2) is 59.4 Å². The summed E-state index contributed by atoms with van der Waals surface area (Å²) in [5.41, 5.74) is -0.0591. The fraction of sp³-hybridized carbons (Fsp3) is 0.318. The molecule has 1 fully saturated rings. The molecule has 168 valence electrons. The third-order valence-electron chi connectivity index (χ3n) is 5.50. The molecule has 1 saturated heterocycles. The SMILES string of the molecule is Cn1nc(C2CCCN(C(=O)Nc3ccc(C(F)(F)F)cc3)C2)n(-c2ccccc2)c1=O. The fourth-order valence-corrected chi connectivity index (χ4v) is 3.89. The highest BCUT2D eigenvalue weighted by Gasteiger charge is 2.31. The van der Waals surface area contributed by atoms with Crippen molar-refractivity contribution in [3.63, 3.8) is 0 Å². The molecule has 1 unspecified atom stereocenters. The predicted molar refractivity (Wildman–Crippen MR) is 113 cm³/mol. The molecule has 1 aromatic heterocycles. The molecular weight excluding hydrogens is 423 g/mol. The zero-order valence-electron chi connectivity index (χ0n) is 17.3. The number of rotatable bonds is 3. The number of benzene rings is 2. The summed E-state index contributed by atoms with van der Waals surface area (Å²) in [6.07, 6.45) is -2.96. The number of aromatic nitrogens is 3. The first-order chi connectivity index (χ1) is 15.2. The number of carbonyl (C=O) groups is 1. The number of nitrogens with zero attached hydrogens (tertiary/aromatic N) is 4. The Balaban J connectivity index is 1.51. The smallest absolute Gasteiger partial charge is 0.324 e. The van der Waals surface area contributed by atoms with Crippen LogP contribution in [0.5, 0.6) is 0 Å². The lowest BCUT2D eigenvalue weighted by molar-refractivity contribution is -0.137. The van der Waals surface area contributed by atoms with Crippen molar-refractivity contribution >= 4 is 11.7 Å². The zero-order chi connectivity index (χ0) is 22.9. The average Bonchev–Trinajstić information content (AvgIpc) is 3.08. The number of halogens is 3. The lowest BCUT2D eigenvalue weighted by Crippen LogP contribution is -2.42. The number of anilines is 1. The molecule has 0 aliphatic carbocycles. The van der Waals surface area contributed by atoms with Gasteiger partial charge in [0.25, 0.3) is 0 Å². The van der Waals surface area contributed by atoms with E-state index in [-0.39, 0.29) is 17.3 Å². The molecule has 10 heteroatoms. The van der Waals surface area contributed by atoms with Gasteiger partial charge in [0.2, 0.25) is 0 Å². The largest absolute Gasteiger partial charge is 0.416 e. The maximum atomic E-state index is 12.8. The Kier molecular flexibility index (Phi) is 5.77. The van der Waals surface area contributed by atoms with Crippen LogP contribution in [0.2, 0.25) is 0 Å². The third-order valence-corrected chi connectivity index (χ3v) is 5.50. The molecule has 7 nitrogen and oxygen atoms in total. The minimum atomic E-state index is -4.43. The third kappa shape index (κ3) is 4.39. The van der Waals surface area contributed by atoms with E-state index in [1.165, 1.54) is 16.8 Å². The van der Waals surface area contributed by atoms with Gasteiger partial charge < -0.3 is 10.2 Å². The van der Waals surface area contributed by atoms with Crippen molar-refractivity contribution in [1.82, 2.24) is 19.2 Å². The molecule has 0 spiro atoms. The Morgan fingerprint density at radius 2 is 1.78 bits per heavy atom. The summed E-state index contributed by atoms with van der Waals surface area (Å²) in [4.78, 5) is 27.0. The highest BCUT2D eigenvalue weighted by molar-refractivity contribution is 5.89. The standard InChI is InChI=1S/C22H22F3N5O2/c1-28-21(32)30(18-7-3-2-4-8-18)19(27-28)15-6-5-13-29(14-15)20(31)26-17-11-9-16(10-12-17)22(23,24)25/h2-4,7-12,15H,5-6,13-14H2,1H3,(H,26,31). The van der Waals surface area contributed by atoms with Crippen molar-refractivity contribution in [2.75, 3.05) is 18.4 Å². The molecule has 0 bridgehead atoms. The van der Waals surface area contributed by atoms with Gasteiger partial charge in [-0.25, -0.2) is 18.8 Å². The summed E-state index contributed by atoms with van der Waals surface area (Å²) in [6.45, 7) is 0.848. The monoisotopic (exact) mass is 445 g/mol. The molecule has 32 heavy (non-hydrogen) atoms. The first kappa shape index (κ1) is 21.7. The van der Waals surface area contributed by atoms with E-state index in [9.17, 15) is 22.8 Å². The van der Waals surface area contributed by atoms with Gasteiger partial charge in [0.05, 0.1) is 11.3 Å². The van der Waals surface area contributed by atoms with Gasteiger partial charge in [-0.3, -0.25) is 0 Å². The van der Waals surface area contributed by atoms with E-state index in [1.54, 1.807) is 16.5 Å². The number of urea groups is 1. The molecule has 1 atom stereocenters. The first-order valence-corrected chi connectivity index (χ1v) is 10.2. The maximum absolute atomic E-state index is 12.8. The second-order valence-corrected chi connectivity index (χ2v) is 7.73. The number of aryl methyl sites for hydroxylation is 1. The van der Waals surface area contributed by atoms with Crippen LogP contribution >= 0.6 is 0 Å². The summed E-state index contributed by atoms with van der Waals surface area (Å²) in [6, 6.07) is 13.1. The number of piperidine rings is 1. The Labute approximate surface area is 182 Å². The Hall–Kier alpha value is -3.56. The van der Waals surface area contributed by atoms with Gasteiger partial charge in [0.1, 0.15) is 5.82 Å². The maximum Gasteiger partial charge on any atom is 0.416 e. The molecule has 0 saturated carbocycles. The van der Waals surface area contributed by atoms with Crippen LogP contribution < -0.4 is 11.0 Å². The van der Waals surface area contributed by atoms with Crippen molar-refractivity contribution in [2.24, 2.45) is 7.05 Å². The number of hydrogen-bond acceptors (Lipinski definition) is 3. The second-order valence-electron chi connectivity index (χ2n) is 7.73. The molecular formula is C22H22F3N5O2. The molecule has 1 N–H and O–H groups in total. The topological polar surface area (TPSA) is 72.2 Å². The van der Waals surface area contributed by atoms with Gasteiger partial charge in [-0.1, -0.05) is 18.2 Å². The molecule has 2 amide bonds. The average molecular weight is 445 g/mol. The molecule has 1 aliphatic heterocycles. The summed E-state index contributed by atoms with van der Waals surface area (Å²) in [7, 11) is 1.59. The number of alkyl halides is 3. The molecule has 0 radical (unpaired) electrons. The van der Waals surface area contributed by atoms with Gasteiger partial charge in [0, 0.05) is 31.7 Å². The normalized spacial score (nSPS) is 16.8. The van der Waals surface area contributed by atoms with Crippen LogP contribution in [0, 0.1) is 0 Å². The van der Waals surface area contributed by atoms with E-state index in [4.69, 9.17) is 0 Å². The molecule has 1 aliphatic rings. The minimum Gasteiger partial charge on any atom is -0.324 e. The first-order valence-electron chi connectivity index (χ1n) is 10.2. The summed E-state index contributed by atoms with van der Waals surface area (Å²) in [5.74, 6) is 0.423. The van der Waals surface area contributed by atoms with E-state index >= 15 is 0 Å². The van der Waals surface area contributed by atoms with Crippen LogP contribution in [-0.2, 0) is 13.2 Å². The number of amides is 2. The van der Waals surface area contributed by atoms with Crippen molar-refractivity contribution in [1.29, 1.82) is 0 Å². The van der Waals surface area contributed by atoms with Gasteiger partial charge in [-0.05, 0) is 49.2 Å². The van der Waals surface area contributed by atoms with E-state index in [2.05, 4.69) is 10.4 Å². The highest BCUT2D eigenvalue weighted by Crippen LogP contribution is 2.30. The van der Waals surface area contributed by atoms with E-state index in [0.29, 0.717) is 31.0 Å². The van der Waals surface area contributed by atoms with E-state index < -0.39 is 17.8 Å². The molecule has 4 rings (SSSR count). The summed E-state index contributed by atoms with van der Waals surface area (Å²) >= 11 is 0.